The van der Waals surface area contributed by atoms with Gasteiger partial charge in [0.05, 0.1) is 0 Å². The molecule has 0 N–H and O–H groups in total. The molecule has 1 unspecified atom stereocenters. The summed E-state index contributed by atoms with van der Waals surface area (Å²) in [5, 5.41) is 10.1. The molecule has 0 spiro atoms. The predicted octanol–water partition coefficient (Wildman–Crippen LogP) is 2.44. The monoisotopic (exact) mass is 227 g/mol. The molecule has 0 aliphatic heterocycles. The molecule has 0 aliphatic rings. The van der Waals surface area contributed by atoms with Crippen LogP contribution in [0.3, 0.4) is 0 Å². The van der Waals surface area contributed by atoms with Gasteiger partial charge in [-0.3, -0.25) is 0 Å². The summed E-state index contributed by atoms with van der Waals surface area (Å²) >= 11 is 5.89. The van der Waals surface area contributed by atoms with E-state index in [1.54, 1.807) is 6.08 Å². The van der Waals surface area contributed by atoms with Crippen LogP contribution < -0.4 is 0 Å². The third-order valence-electron chi connectivity index (χ3n) is 1.82. The predicted molar refractivity (Wildman–Crippen MR) is 57.9 cm³/mol. The van der Waals surface area contributed by atoms with E-state index >= 15 is 0 Å². The molecule has 0 aromatic carbocycles. The van der Waals surface area contributed by atoms with Crippen molar-refractivity contribution in [2.45, 2.75) is 11.9 Å². The average Bonchev–Trinajstić information content (AvgIpc) is 2.61. The quantitative estimate of drug-likeness (QED) is 0.336. The van der Waals surface area contributed by atoms with Crippen molar-refractivity contribution < 1.29 is 4.92 Å². The Kier molecular flexibility index (Phi) is 3.62. The first-order chi connectivity index (χ1) is 7.11. The Labute approximate surface area is 91.8 Å². The number of halogens is 1. The minimum atomic E-state index is -0.543. The highest BCUT2D eigenvalue weighted by molar-refractivity contribution is 6.21. The lowest BCUT2D eigenvalue weighted by molar-refractivity contribution is -0.392. The van der Waals surface area contributed by atoms with Gasteiger partial charge in [0, 0.05) is 0 Å². The van der Waals surface area contributed by atoms with E-state index in [1.165, 1.54) is 16.8 Å². The Morgan fingerprint density at radius 3 is 2.87 bits per heavy atom. The summed E-state index contributed by atoms with van der Waals surface area (Å²) in [5.74, 6) is 0.302. The number of nitrogens with zero attached hydrogens (tertiary/aromatic N) is 3. The largest absolute Gasteiger partial charge is 0.358 e. The highest BCUT2D eigenvalue weighted by Gasteiger charge is 2.22. The number of imidazole rings is 1. The van der Waals surface area contributed by atoms with Crippen LogP contribution in [-0.2, 0) is 6.54 Å². The van der Waals surface area contributed by atoms with Crippen LogP contribution in [0.4, 0.5) is 5.82 Å². The van der Waals surface area contributed by atoms with Crippen LogP contribution in [-0.4, -0.2) is 14.5 Å². The molecule has 1 aromatic heterocycles. The zero-order valence-corrected chi connectivity index (χ0v) is 8.72. The van der Waals surface area contributed by atoms with Gasteiger partial charge in [0.1, 0.15) is 18.1 Å². The molecule has 0 aliphatic carbocycles. The van der Waals surface area contributed by atoms with E-state index in [2.05, 4.69) is 18.1 Å². The SMILES string of the molecule is C=CCn1c([N+](=O)[O-])cnc1C(Cl)C=C. The number of nitro groups is 1. The summed E-state index contributed by atoms with van der Waals surface area (Å²) in [6.07, 6.45) is 4.19. The third-order valence-corrected chi connectivity index (χ3v) is 2.19. The summed E-state index contributed by atoms with van der Waals surface area (Å²) in [5.41, 5.74) is 0. The summed E-state index contributed by atoms with van der Waals surface area (Å²) < 4.78 is 1.40. The molecule has 0 radical (unpaired) electrons. The lowest BCUT2D eigenvalue weighted by Gasteiger charge is -2.03. The number of hydrogen-bond acceptors (Lipinski definition) is 3. The van der Waals surface area contributed by atoms with Crippen LogP contribution in [0.15, 0.2) is 31.5 Å². The van der Waals surface area contributed by atoms with E-state index in [0.717, 1.165) is 0 Å². The molecule has 1 rings (SSSR count). The number of allylic oxidation sites excluding steroid dienone is 2. The second-order valence-electron chi connectivity index (χ2n) is 2.77. The Bertz CT molecular complexity index is 400. The first-order valence-corrected chi connectivity index (χ1v) is 4.62. The van der Waals surface area contributed by atoms with Crippen molar-refractivity contribution in [3.8, 4) is 0 Å². The third kappa shape index (κ3) is 2.24. The first kappa shape index (κ1) is 11.5. The van der Waals surface area contributed by atoms with Crippen molar-refractivity contribution in [3.63, 3.8) is 0 Å². The maximum Gasteiger partial charge on any atom is 0.343 e. The Balaban J connectivity index is 3.22. The fraction of sp³-hybridized carbons (Fsp3) is 0.222. The molecule has 0 saturated carbocycles. The van der Waals surface area contributed by atoms with Crippen LogP contribution in [0.5, 0.6) is 0 Å². The molecule has 1 aromatic rings. The molecule has 15 heavy (non-hydrogen) atoms. The minimum absolute atomic E-state index is 0.0996. The van der Waals surface area contributed by atoms with Crippen molar-refractivity contribution >= 4 is 17.4 Å². The van der Waals surface area contributed by atoms with Crippen LogP contribution in [0.25, 0.3) is 0 Å². The zero-order valence-electron chi connectivity index (χ0n) is 7.97. The topological polar surface area (TPSA) is 61.0 Å². The number of rotatable bonds is 5. The zero-order chi connectivity index (χ0) is 11.4. The molecule has 5 nitrogen and oxygen atoms in total. The van der Waals surface area contributed by atoms with E-state index in [-0.39, 0.29) is 5.82 Å². The second kappa shape index (κ2) is 4.75. The van der Waals surface area contributed by atoms with Crippen LogP contribution >= 0.6 is 11.6 Å². The van der Waals surface area contributed by atoms with Gasteiger partial charge in [-0.05, 0) is 4.92 Å². The van der Waals surface area contributed by atoms with Gasteiger partial charge in [-0.25, -0.2) is 9.55 Å². The Morgan fingerprint density at radius 2 is 2.40 bits per heavy atom. The van der Waals surface area contributed by atoms with Crippen molar-refractivity contribution in [2.24, 2.45) is 0 Å². The number of aromatic nitrogens is 2. The average molecular weight is 228 g/mol. The van der Waals surface area contributed by atoms with E-state index in [0.29, 0.717) is 12.4 Å². The van der Waals surface area contributed by atoms with Gasteiger partial charge in [0.2, 0.25) is 5.82 Å². The molecule has 80 valence electrons. The van der Waals surface area contributed by atoms with Crippen LogP contribution in [0.2, 0.25) is 0 Å². The molecule has 6 heteroatoms. The van der Waals surface area contributed by atoms with Gasteiger partial charge < -0.3 is 10.1 Å². The molecule has 1 heterocycles. The second-order valence-corrected chi connectivity index (χ2v) is 3.24. The fourth-order valence-corrected chi connectivity index (χ4v) is 1.34. The molecular formula is C9H10ClN3O2. The summed E-state index contributed by atoms with van der Waals surface area (Å²) in [6, 6.07) is 0. The lowest BCUT2D eigenvalue weighted by atomic mass is 10.4. The van der Waals surface area contributed by atoms with Gasteiger partial charge in [0.25, 0.3) is 0 Å². The fourth-order valence-electron chi connectivity index (χ4n) is 1.17. The highest BCUT2D eigenvalue weighted by Crippen LogP contribution is 2.24. The lowest BCUT2D eigenvalue weighted by Crippen LogP contribution is -2.06. The van der Waals surface area contributed by atoms with Gasteiger partial charge in [0.15, 0.2) is 0 Å². The van der Waals surface area contributed by atoms with E-state index in [4.69, 9.17) is 11.6 Å². The van der Waals surface area contributed by atoms with E-state index < -0.39 is 10.3 Å². The summed E-state index contributed by atoms with van der Waals surface area (Å²) in [4.78, 5) is 14.1. The molecule has 0 amide bonds. The molecule has 1 atom stereocenters. The standard InChI is InChI=1S/C9H10ClN3O2/c1-3-5-12-8(13(14)15)6-11-9(12)7(10)4-2/h3-4,6-7H,1-2,5H2. The molecule has 0 bridgehead atoms. The summed E-state index contributed by atoms with van der Waals surface area (Å²) in [7, 11) is 0. The first-order valence-electron chi connectivity index (χ1n) is 4.19. The van der Waals surface area contributed by atoms with Crippen molar-refractivity contribution in [1.29, 1.82) is 0 Å². The van der Waals surface area contributed by atoms with Gasteiger partial charge >= 0.3 is 5.82 Å². The van der Waals surface area contributed by atoms with Crippen molar-refractivity contribution in [2.75, 3.05) is 0 Å². The molecular weight excluding hydrogens is 218 g/mol. The Morgan fingerprint density at radius 1 is 1.73 bits per heavy atom. The molecule has 0 fully saturated rings. The van der Waals surface area contributed by atoms with Gasteiger partial charge in [-0.15, -0.1) is 18.2 Å². The van der Waals surface area contributed by atoms with Gasteiger partial charge in [-0.1, -0.05) is 18.7 Å². The van der Waals surface area contributed by atoms with Crippen molar-refractivity contribution in [3.05, 3.63) is 47.4 Å². The molecule has 0 saturated heterocycles. The Hall–Kier alpha value is -1.62. The van der Waals surface area contributed by atoms with E-state index in [1.807, 2.05) is 0 Å². The van der Waals surface area contributed by atoms with Crippen LogP contribution in [0, 0.1) is 10.1 Å². The summed E-state index contributed by atoms with van der Waals surface area (Å²) in [6.45, 7) is 7.33. The number of hydrogen-bond donors (Lipinski definition) is 0. The van der Waals surface area contributed by atoms with E-state index in [9.17, 15) is 10.1 Å². The number of alkyl halides is 1. The minimum Gasteiger partial charge on any atom is -0.358 e. The van der Waals surface area contributed by atoms with Gasteiger partial charge in [-0.2, -0.15) is 0 Å². The van der Waals surface area contributed by atoms with Crippen molar-refractivity contribution in [1.82, 2.24) is 9.55 Å². The highest BCUT2D eigenvalue weighted by atomic mass is 35.5. The smallest absolute Gasteiger partial charge is 0.343 e. The normalized spacial score (nSPS) is 12.1. The van der Waals surface area contributed by atoms with Crippen LogP contribution in [0.1, 0.15) is 11.2 Å². The maximum absolute atomic E-state index is 10.7. The maximum atomic E-state index is 10.7.